The van der Waals surface area contributed by atoms with Crippen LogP contribution in [-0.2, 0) is 33.5 Å². The lowest BCUT2D eigenvalue weighted by Gasteiger charge is -2.40. The van der Waals surface area contributed by atoms with Crippen molar-refractivity contribution in [1.29, 1.82) is 0 Å². The van der Waals surface area contributed by atoms with Crippen molar-refractivity contribution in [3.8, 4) is 0 Å². The van der Waals surface area contributed by atoms with Crippen LogP contribution in [-0.4, -0.2) is 124 Å². The average Bonchev–Trinajstić information content (AvgIpc) is 3.86. The van der Waals surface area contributed by atoms with E-state index in [4.69, 9.17) is 4.74 Å². The molecule has 0 aromatic heterocycles. The van der Waals surface area contributed by atoms with Crippen molar-refractivity contribution < 1.29 is 47.4 Å². The number of piperidine rings is 1. The Hall–Kier alpha value is -4.44. The van der Waals surface area contributed by atoms with E-state index in [1.165, 1.54) is 14.7 Å². The van der Waals surface area contributed by atoms with Crippen molar-refractivity contribution in [3.05, 3.63) is 42.0 Å². The number of fused-ring (bicyclic) bond motifs is 3. The number of halogens is 2. The van der Waals surface area contributed by atoms with Gasteiger partial charge in [0.1, 0.15) is 54.7 Å². The summed E-state index contributed by atoms with van der Waals surface area (Å²) >= 11 is 0. The highest BCUT2D eigenvalue weighted by atomic mass is 19.1. The normalized spacial score (nSPS) is 29.8. The second-order valence-electron chi connectivity index (χ2n) is 16.9. The summed E-state index contributed by atoms with van der Waals surface area (Å²) in [7, 11) is 0. The highest BCUT2D eigenvalue weighted by molar-refractivity contribution is 5.99. The number of carbonyl (C=O) groups excluding carboxylic acids is 6. The number of rotatable bonds is 8. The first kappa shape index (κ1) is 43.1. The van der Waals surface area contributed by atoms with Crippen molar-refractivity contribution in [2.45, 2.75) is 140 Å². The van der Waals surface area contributed by atoms with Crippen molar-refractivity contribution in [1.82, 2.24) is 30.7 Å². The Balaban J connectivity index is 1.30. The third-order valence-corrected chi connectivity index (χ3v) is 12.5. The summed E-state index contributed by atoms with van der Waals surface area (Å²) in [5, 5.41) is 20.3. The Morgan fingerprint density at radius 1 is 0.897 bits per heavy atom. The summed E-state index contributed by atoms with van der Waals surface area (Å²) in [6.45, 7) is 7.56. The van der Waals surface area contributed by atoms with Crippen LogP contribution in [0.5, 0.6) is 0 Å². The molecule has 4 aliphatic heterocycles. The quantitative estimate of drug-likeness (QED) is 0.288. The van der Waals surface area contributed by atoms with E-state index in [0.717, 1.165) is 44.2 Å². The van der Waals surface area contributed by atoms with E-state index in [2.05, 4.69) is 22.5 Å². The molecule has 16 heteroatoms. The van der Waals surface area contributed by atoms with Crippen LogP contribution in [0.4, 0.5) is 8.78 Å². The first-order valence-electron chi connectivity index (χ1n) is 21.0. The molecule has 4 heterocycles. The largest absolute Gasteiger partial charge is 0.462 e. The van der Waals surface area contributed by atoms with Crippen molar-refractivity contribution in [2.24, 2.45) is 11.8 Å². The molecule has 1 aromatic rings. The highest BCUT2D eigenvalue weighted by Gasteiger charge is 2.46. The number of aliphatic hydroxyl groups is 1. The van der Waals surface area contributed by atoms with Gasteiger partial charge in [-0.1, -0.05) is 45.6 Å². The summed E-state index contributed by atoms with van der Waals surface area (Å²) < 4.78 is 34.6. The Morgan fingerprint density at radius 3 is 2.31 bits per heavy atom. The van der Waals surface area contributed by atoms with Crippen molar-refractivity contribution in [3.63, 3.8) is 0 Å². The molecule has 58 heavy (non-hydrogen) atoms. The molecule has 318 valence electrons. The molecule has 1 aromatic carbocycles. The van der Waals surface area contributed by atoms with Gasteiger partial charge < -0.3 is 35.6 Å². The van der Waals surface area contributed by atoms with Gasteiger partial charge in [-0.05, 0) is 87.0 Å². The summed E-state index contributed by atoms with van der Waals surface area (Å²) in [4.78, 5) is 87.7. The van der Waals surface area contributed by atoms with E-state index < -0.39 is 90.3 Å². The van der Waals surface area contributed by atoms with Crippen molar-refractivity contribution in [2.75, 3.05) is 26.2 Å². The van der Waals surface area contributed by atoms with Crippen molar-refractivity contribution >= 4 is 41.1 Å². The lowest BCUT2D eigenvalue weighted by molar-refractivity contribution is -0.159. The number of hydrogen-bond donors (Lipinski definition) is 4. The third-order valence-electron chi connectivity index (χ3n) is 12.5. The first-order chi connectivity index (χ1) is 27.7. The standard InChI is InChI=1S/C42H58F2N6O8/c1-24-18-34-42(57)58-23-31(46-38(53)36(25(2)28-19-29(43)21-30(44)20-28)47-35(51)15-14-27-10-5-4-6-11-27)40(55)49-17-9-13-33(49)41(56)48-16-8-7-12-32(48)37(52)45-26(3)39(54)50(34)22-24/h19-21,24,26-27,31-34,36,40,55H,2,4-18,22-23H2,1,3H3,(H,45,52)(H,46,53)(H,47,51)/t24-,26+,31+,32+,33+,34+,36+,40?/m1/s1. The highest BCUT2D eigenvalue weighted by Crippen LogP contribution is 2.30. The maximum Gasteiger partial charge on any atom is 0.328 e. The summed E-state index contributed by atoms with van der Waals surface area (Å²) in [5.41, 5.74) is -0.191. The SMILES string of the molecule is C=C(c1cc(F)cc(F)c1)[C@H](NC(=O)CCC1CCCCC1)C(=O)N[C@H]1COC(=O)[C@@H]2C[C@@H](C)CN2C(=O)[C@H](C)NC(=O)[C@@H]2CCCCN2C(=O)[C@@H]2CCCN2C1O. The molecule has 6 rings (SSSR count). The second kappa shape index (κ2) is 19.1. The molecule has 8 atom stereocenters. The number of hydrogen-bond acceptors (Lipinski definition) is 9. The van der Waals surface area contributed by atoms with Crippen LogP contribution in [0.25, 0.3) is 5.57 Å². The minimum absolute atomic E-state index is 0.0742. The molecular formula is C42H58F2N6O8. The number of carbonyl (C=O) groups is 6. The van der Waals surface area contributed by atoms with Gasteiger partial charge in [-0.25, -0.2) is 13.6 Å². The molecule has 1 saturated carbocycles. The summed E-state index contributed by atoms with van der Waals surface area (Å²) in [6, 6.07) is -4.03. The monoisotopic (exact) mass is 812 g/mol. The number of benzene rings is 1. The Bertz CT molecular complexity index is 1720. The zero-order chi connectivity index (χ0) is 41.7. The molecule has 14 nitrogen and oxygen atoms in total. The number of esters is 1. The van der Waals surface area contributed by atoms with Gasteiger partial charge in [0.25, 0.3) is 0 Å². The molecule has 0 radical (unpaired) electrons. The maximum atomic E-state index is 14.4. The lowest BCUT2D eigenvalue weighted by Crippen LogP contribution is -2.63. The number of ether oxygens (including phenoxy) is 1. The topological polar surface area (TPSA) is 178 Å². The van der Waals surface area contributed by atoms with Crippen LogP contribution in [0.15, 0.2) is 24.8 Å². The van der Waals surface area contributed by atoms with Gasteiger partial charge in [0, 0.05) is 32.1 Å². The van der Waals surface area contributed by atoms with Crippen LogP contribution in [0.3, 0.4) is 0 Å². The smallest absolute Gasteiger partial charge is 0.328 e. The first-order valence-corrected chi connectivity index (χ1v) is 21.0. The Labute approximate surface area is 338 Å². The molecule has 0 spiro atoms. The van der Waals surface area contributed by atoms with Crippen LogP contribution >= 0.6 is 0 Å². The average molecular weight is 813 g/mol. The fourth-order valence-corrected chi connectivity index (χ4v) is 9.39. The van der Waals surface area contributed by atoms with Crippen LogP contribution in [0.1, 0.15) is 103 Å². The predicted molar refractivity (Wildman–Crippen MR) is 208 cm³/mol. The molecule has 5 amide bonds. The number of amides is 5. The molecule has 1 unspecified atom stereocenters. The van der Waals surface area contributed by atoms with Crippen LogP contribution in [0, 0.1) is 23.5 Å². The minimum atomic E-state index is -1.61. The number of cyclic esters (lactones) is 1. The molecular weight excluding hydrogens is 754 g/mol. The number of aliphatic hydroxyl groups excluding tert-OH is 1. The fraction of sp³-hybridized carbons (Fsp3) is 0.667. The Morgan fingerprint density at radius 2 is 1.59 bits per heavy atom. The van der Waals surface area contributed by atoms with E-state index >= 15 is 0 Å². The van der Waals surface area contributed by atoms with E-state index in [-0.39, 0.29) is 48.9 Å². The van der Waals surface area contributed by atoms with Gasteiger partial charge in [-0.2, -0.15) is 0 Å². The van der Waals surface area contributed by atoms with Gasteiger partial charge in [-0.3, -0.25) is 28.9 Å². The third kappa shape index (κ3) is 10.0. The predicted octanol–water partition coefficient (Wildman–Crippen LogP) is 2.77. The zero-order valence-corrected chi connectivity index (χ0v) is 33.6. The molecule has 4 N–H and O–H groups in total. The van der Waals surface area contributed by atoms with Gasteiger partial charge >= 0.3 is 5.97 Å². The van der Waals surface area contributed by atoms with Gasteiger partial charge in [0.2, 0.25) is 29.5 Å². The molecule has 4 saturated heterocycles. The molecule has 1 aliphatic carbocycles. The number of nitrogens with zero attached hydrogens (tertiary/aromatic N) is 3. The molecule has 5 fully saturated rings. The van der Waals surface area contributed by atoms with Crippen LogP contribution < -0.4 is 16.0 Å². The van der Waals surface area contributed by atoms with E-state index in [1.54, 1.807) is 6.92 Å². The van der Waals surface area contributed by atoms with E-state index in [0.29, 0.717) is 57.1 Å². The lowest BCUT2D eigenvalue weighted by atomic mass is 9.86. The van der Waals surface area contributed by atoms with Gasteiger partial charge in [0.05, 0.1) is 6.04 Å². The Kier molecular flexibility index (Phi) is 14.2. The summed E-state index contributed by atoms with van der Waals surface area (Å²) in [5.74, 6) is -5.06. The van der Waals surface area contributed by atoms with E-state index in [1.807, 2.05) is 6.92 Å². The fourth-order valence-electron chi connectivity index (χ4n) is 9.39. The second-order valence-corrected chi connectivity index (χ2v) is 16.9. The molecule has 0 bridgehead atoms. The van der Waals surface area contributed by atoms with Gasteiger partial charge in [0.15, 0.2) is 0 Å². The van der Waals surface area contributed by atoms with Crippen LogP contribution in [0.2, 0.25) is 0 Å². The zero-order valence-electron chi connectivity index (χ0n) is 33.6. The van der Waals surface area contributed by atoms with Gasteiger partial charge in [-0.15, -0.1) is 0 Å². The maximum absolute atomic E-state index is 14.4. The minimum Gasteiger partial charge on any atom is -0.462 e. The number of nitrogens with one attached hydrogen (secondary N) is 3. The molecule has 5 aliphatic rings. The summed E-state index contributed by atoms with van der Waals surface area (Å²) in [6.07, 6.45) is 7.26. The van der Waals surface area contributed by atoms with E-state index in [9.17, 15) is 42.7 Å².